The molecule has 0 radical (unpaired) electrons. The molecule has 174 valence electrons. The molecule has 1 saturated carbocycles. The molecule has 1 saturated heterocycles. The fourth-order valence-electron chi connectivity index (χ4n) is 4.30. The second-order valence-corrected chi connectivity index (χ2v) is 8.65. The summed E-state index contributed by atoms with van der Waals surface area (Å²) in [5, 5.41) is 6.08. The van der Waals surface area contributed by atoms with Crippen LogP contribution in [0.1, 0.15) is 55.7 Å². The van der Waals surface area contributed by atoms with Gasteiger partial charge in [0.05, 0.1) is 11.1 Å². The van der Waals surface area contributed by atoms with Gasteiger partial charge >= 0.3 is 12.4 Å². The van der Waals surface area contributed by atoms with Crippen LogP contribution in [0.25, 0.3) is 0 Å². The summed E-state index contributed by atoms with van der Waals surface area (Å²) in [6, 6.07) is 1.83. The smallest absolute Gasteiger partial charge is 0.381 e. The van der Waals surface area contributed by atoms with Crippen molar-refractivity contribution in [3.05, 3.63) is 34.9 Å². The lowest BCUT2D eigenvalue weighted by Crippen LogP contribution is -2.42. The maximum absolute atomic E-state index is 13.0. The van der Waals surface area contributed by atoms with Crippen molar-refractivity contribution in [1.82, 2.24) is 10.6 Å². The summed E-state index contributed by atoms with van der Waals surface area (Å²) >= 11 is 0. The van der Waals surface area contributed by atoms with Crippen molar-refractivity contribution >= 4 is 5.91 Å². The van der Waals surface area contributed by atoms with Crippen LogP contribution in [0.2, 0.25) is 0 Å². The number of halogens is 6. The van der Waals surface area contributed by atoms with Crippen LogP contribution in [0, 0.1) is 5.41 Å². The zero-order valence-electron chi connectivity index (χ0n) is 17.1. The van der Waals surface area contributed by atoms with Crippen LogP contribution in [0.3, 0.4) is 0 Å². The summed E-state index contributed by atoms with van der Waals surface area (Å²) in [5.41, 5.74) is -3.75. The van der Waals surface area contributed by atoms with E-state index in [1.165, 1.54) is 0 Å². The van der Waals surface area contributed by atoms with E-state index in [1.54, 1.807) is 6.92 Å². The lowest BCUT2D eigenvalue weighted by molar-refractivity contribution is -0.143. The Morgan fingerprint density at radius 2 is 1.58 bits per heavy atom. The number of hydrogen-bond acceptors (Lipinski definition) is 3. The Hall–Kier alpha value is -1.81. The van der Waals surface area contributed by atoms with E-state index in [0.717, 1.165) is 19.3 Å². The topological polar surface area (TPSA) is 50.4 Å². The van der Waals surface area contributed by atoms with Crippen LogP contribution in [0.4, 0.5) is 26.3 Å². The number of carbonyl (C=O) groups is 1. The maximum Gasteiger partial charge on any atom is 0.416 e. The number of rotatable bonds is 5. The summed E-state index contributed by atoms with van der Waals surface area (Å²) in [6.45, 7) is 2.76. The highest BCUT2D eigenvalue weighted by atomic mass is 19.4. The molecule has 1 amide bonds. The van der Waals surface area contributed by atoms with Gasteiger partial charge in [-0.05, 0) is 55.9 Å². The molecule has 0 aromatic heterocycles. The Bertz CT molecular complexity index is 757. The number of amides is 1. The summed E-state index contributed by atoms with van der Waals surface area (Å²) in [6.07, 6.45) is -6.10. The molecule has 4 nitrogen and oxygen atoms in total. The van der Waals surface area contributed by atoms with Crippen molar-refractivity contribution in [3.8, 4) is 0 Å². The largest absolute Gasteiger partial charge is 0.416 e. The number of benzene rings is 1. The number of hydrogen-bond donors (Lipinski definition) is 2. The Morgan fingerprint density at radius 3 is 2.13 bits per heavy atom. The number of alkyl halides is 6. The van der Waals surface area contributed by atoms with Crippen LogP contribution in [-0.4, -0.2) is 31.2 Å². The van der Waals surface area contributed by atoms with Gasteiger partial charge in [0.25, 0.3) is 0 Å². The molecule has 1 aromatic rings. The first-order valence-corrected chi connectivity index (χ1v) is 10.3. The van der Waals surface area contributed by atoms with E-state index in [1.807, 2.05) is 0 Å². The van der Waals surface area contributed by atoms with Crippen LogP contribution in [0.5, 0.6) is 0 Å². The summed E-state index contributed by atoms with van der Waals surface area (Å²) in [4.78, 5) is 12.7. The minimum Gasteiger partial charge on any atom is -0.381 e. The monoisotopic (exact) mass is 452 g/mol. The van der Waals surface area contributed by atoms with Gasteiger partial charge in [0.1, 0.15) is 0 Å². The van der Waals surface area contributed by atoms with Crippen molar-refractivity contribution in [2.75, 3.05) is 13.2 Å². The molecule has 10 heteroatoms. The summed E-state index contributed by atoms with van der Waals surface area (Å²) < 4.78 is 83.4. The quantitative estimate of drug-likeness (QED) is 0.639. The fraction of sp³-hybridized carbons (Fsp3) is 0.667. The molecule has 1 heterocycles. The molecule has 0 spiro atoms. The zero-order valence-corrected chi connectivity index (χ0v) is 17.1. The van der Waals surface area contributed by atoms with Gasteiger partial charge in [-0.2, -0.15) is 26.3 Å². The van der Waals surface area contributed by atoms with E-state index in [9.17, 15) is 31.1 Å². The highest BCUT2D eigenvalue weighted by Gasteiger charge is 2.42. The van der Waals surface area contributed by atoms with E-state index in [4.69, 9.17) is 4.74 Å². The van der Waals surface area contributed by atoms with Gasteiger partial charge in [-0.1, -0.05) is 6.92 Å². The average molecular weight is 452 g/mol. The molecular weight excluding hydrogens is 426 g/mol. The van der Waals surface area contributed by atoms with E-state index in [0.29, 0.717) is 44.2 Å². The van der Waals surface area contributed by atoms with E-state index >= 15 is 0 Å². The molecule has 2 fully saturated rings. The molecule has 2 aliphatic rings. The molecule has 1 aliphatic carbocycles. The summed E-state index contributed by atoms with van der Waals surface area (Å²) in [5.74, 6) is -0.366. The SMILES string of the molecule is CC1(C(=O)NCc2cc(C(F)(F)F)cc(C(F)(F)F)c2)CCC(NC2CCOCC2)C1. The molecule has 2 unspecified atom stereocenters. The number of ether oxygens (including phenoxy) is 1. The minimum atomic E-state index is -4.92. The molecule has 0 bridgehead atoms. The third kappa shape index (κ3) is 6.12. The van der Waals surface area contributed by atoms with Crippen molar-refractivity contribution in [1.29, 1.82) is 0 Å². The van der Waals surface area contributed by atoms with E-state index < -0.39 is 35.4 Å². The van der Waals surface area contributed by atoms with Crippen LogP contribution in [0.15, 0.2) is 18.2 Å². The van der Waals surface area contributed by atoms with Gasteiger partial charge in [-0.3, -0.25) is 4.79 Å². The lowest BCUT2D eigenvalue weighted by atomic mass is 9.87. The van der Waals surface area contributed by atoms with Gasteiger partial charge in [0.15, 0.2) is 0 Å². The van der Waals surface area contributed by atoms with Crippen molar-refractivity contribution < 1.29 is 35.9 Å². The van der Waals surface area contributed by atoms with Gasteiger partial charge in [-0.15, -0.1) is 0 Å². The number of carbonyl (C=O) groups excluding carboxylic acids is 1. The molecule has 1 aliphatic heterocycles. The minimum absolute atomic E-state index is 0.0795. The van der Waals surface area contributed by atoms with Gasteiger partial charge < -0.3 is 15.4 Å². The van der Waals surface area contributed by atoms with E-state index in [-0.39, 0.29) is 23.6 Å². The highest BCUT2D eigenvalue weighted by Crippen LogP contribution is 2.39. The molecule has 3 rings (SSSR count). The van der Waals surface area contributed by atoms with Crippen molar-refractivity contribution in [2.45, 2.75) is 70.0 Å². The Kier molecular flexibility index (Phi) is 6.90. The normalized spacial score (nSPS) is 25.6. The molecule has 1 aromatic carbocycles. The predicted molar refractivity (Wildman–Crippen MR) is 101 cm³/mol. The van der Waals surface area contributed by atoms with Crippen molar-refractivity contribution in [3.63, 3.8) is 0 Å². The van der Waals surface area contributed by atoms with Crippen LogP contribution < -0.4 is 10.6 Å². The fourth-order valence-corrected chi connectivity index (χ4v) is 4.30. The number of nitrogens with one attached hydrogen (secondary N) is 2. The van der Waals surface area contributed by atoms with Crippen molar-refractivity contribution in [2.24, 2.45) is 5.41 Å². The second-order valence-electron chi connectivity index (χ2n) is 8.65. The average Bonchev–Trinajstić information content (AvgIpc) is 3.07. The van der Waals surface area contributed by atoms with Crippen LogP contribution in [-0.2, 0) is 28.4 Å². The Labute approximate surface area is 176 Å². The molecule has 2 atom stereocenters. The standard InChI is InChI=1S/C21H26F6N2O2/c1-19(5-2-17(11-19)29-16-3-6-31-7-4-16)18(30)28-12-13-8-14(20(22,23)24)10-15(9-13)21(25,26)27/h8-10,16-17,29H,2-7,11-12H2,1H3,(H,28,30). The first kappa shape index (κ1) is 23.8. The first-order chi connectivity index (χ1) is 14.4. The van der Waals surface area contributed by atoms with E-state index in [2.05, 4.69) is 10.6 Å². The third-order valence-corrected chi connectivity index (χ3v) is 6.08. The van der Waals surface area contributed by atoms with Gasteiger partial charge in [0, 0.05) is 37.3 Å². The molecular formula is C21H26F6N2O2. The Morgan fingerprint density at radius 1 is 1.00 bits per heavy atom. The highest BCUT2D eigenvalue weighted by molar-refractivity contribution is 5.82. The van der Waals surface area contributed by atoms with Gasteiger partial charge in [-0.25, -0.2) is 0 Å². The third-order valence-electron chi connectivity index (χ3n) is 6.08. The lowest BCUT2D eigenvalue weighted by Gasteiger charge is -2.28. The second kappa shape index (κ2) is 8.97. The van der Waals surface area contributed by atoms with Gasteiger partial charge in [0.2, 0.25) is 5.91 Å². The zero-order chi connectivity index (χ0) is 22.9. The molecule has 31 heavy (non-hydrogen) atoms. The predicted octanol–water partition coefficient (Wildman–Crippen LogP) is 4.67. The maximum atomic E-state index is 13.0. The Balaban J connectivity index is 1.63. The summed E-state index contributed by atoms with van der Waals surface area (Å²) in [7, 11) is 0. The molecule has 2 N–H and O–H groups in total. The van der Waals surface area contributed by atoms with Crippen LogP contribution >= 0.6 is 0 Å². The first-order valence-electron chi connectivity index (χ1n) is 10.3.